The minimum Gasteiger partial charge on any atom is -0.375 e. The predicted octanol–water partition coefficient (Wildman–Crippen LogP) is 2.93. The number of nitrogens with zero attached hydrogens (tertiary/aromatic N) is 2. The maximum atomic E-state index is 13.5. The van der Waals surface area contributed by atoms with Gasteiger partial charge in [-0.3, -0.25) is 0 Å². The number of urea groups is 1. The van der Waals surface area contributed by atoms with E-state index in [1.807, 2.05) is 0 Å². The molecule has 26 heavy (non-hydrogen) atoms. The minimum atomic E-state index is 0.187. The van der Waals surface area contributed by atoms with Crippen LogP contribution in [0.1, 0.15) is 50.1 Å². The lowest BCUT2D eigenvalue weighted by Crippen LogP contribution is -2.48. The maximum Gasteiger partial charge on any atom is 0.321 e. The number of hydrogen-bond acceptors (Lipinski definition) is 3. The van der Waals surface area contributed by atoms with E-state index in [4.69, 9.17) is 4.74 Å². The van der Waals surface area contributed by atoms with Crippen LogP contribution in [0.25, 0.3) is 0 Å². The third-order valence-corrected chi connectivity index (χ3v) is 6.76. The SMILES string of the molecule is O=C1N(C2CC3CC[C@@H](C2)O3)CC(c2ccccc2)N1C1CCNCC1. The van der Waals surface area contributed by atoms with Crippen molar-refractivity contribution in [2.45, 2.75) is 68.9 Å². The fraction of sp³-hybridized carbons (Fsp3) is 0.667. The Labute approximate surface area is 155 Å². The zero-order chi connectivity index (χ0) is 17.5. The van der Waals surface area contributed by atoms with Gasteiger partial charge in [-0.2, -0.15) is 0 Å². The van der Waals surface area contributed by atoms with E-state index in [9.17, 15) is 4.79 Å². The molecule has 1 aromatic carbocycles. The number of carbonyl (C=O) groups is 1. The van der Waals surface area contributed by atoms with E-state index < -0.39 is 0 Å². The van der Waals surface area contributed by atoms with Gasteiger partial charge >= 0.3 is 6.03 Å². The Kier molecular flexibility index (Phi) is 4.37. The molecule has 0 radical (unpaired) electrons. The number of fused-ring (bicyclic) bond motifs is 2. The second-order valence-corrected chi connectivity index (χ2v) is 8.33. The first-order valence-corrected chi connectivity index (χ1v) is 10.3. The lowest BCUT2D eigenvalue weighted by atomic mass is 9.99. The van der Waals surface area contributed by atoms with Crippen molar-refractivity contribution >= 4 is 6.03 Å². The van der Waals surface area contributed by atoms with Crippen molar-refractivity contribution in [2.24, 2.45) is 0 Å². The maximum absolute atomic E-state index is 13.5. The second-order valence-electron chi connectivity index (χ2n) is 8.33. The van der Waals surface area contributed by atoms with Gasteiger partial charge in [-0.25, -0.2) is 4.79 Å². The molecule has 0 saturated carbocycles. The van der Waals surface area contributed by atoms with Crippen molar-refractivity contribution in [1.29, 1.82) is 0 Å². The standard InChI is InChI=1S/C21H29N3O2/c25-21-23(17-12-18-6-7-19(13-17)26-18)14-20(15-4-2-1-3-5-15)24(21)16-8-10-22-11-9-16/h1-5,16-20,22H,6-14H2/t17?,18-,19?,20?/m0/s1. The zero-order valence-corrected chi connectivity index (χ0v) is 15.3. The van der Waals surface area contributed by atoms with Crippen LogP contribution in [0.5, 0.6) is 0 Å². The fourth-order valence-electron chi connectivity index (χ4n) is 5.46. The molecule has 1 N–H and O–H groups in total. The van der Waals surface area contributed by atoms with Gasteiger partial charge in [0.05, 0.1) is 18.2 Å². The monoisotopic (exact) mass is 355 g/mol. The summed E-state index contributed by atoms with van der Waals surface area (Å²) in [4.78, 5) is 17.9. The summed E-state index contributed by atoms with van der Waals surface area (Å²) >= 11 is 0. The summed E-state index contributed by atoms with van der Waals surface area (Å²) in [6.45, 7) is 2.85. The number of piperidine rings is 1. The second kappa shape index (κ2) is 6.86. The molecule has 5 heteroatoms. The Morgan fingerprint density at radius 1 is 0.923 bits per heavy atom. The van der Waals surface area contributed by atoms with Gasteiger partial charge in [0.1, 0.15) is 0 Å². The molecule has 4 fully saturated rings. The minimum absolute atomic E-state index is 0.187. The van der Waals surface area contributed by atoms with Gasteiger partial charge in [-0.15, -0.1) is 0 Å². The zero-order valence-electron chi connectivity index (χ0n) is 15.3. The molecular weight excluding hydrogens is 326 g/mol. The lowest BCUT2D eigenvalue weighted by molar-refractivity contribution is -0.0258. The van der Waals surface area contributed by atoms with Crippen LogP contribution in [0.2, 0.25) is 0 Å². The van der Waals surface area contributed by atoms with Crippen molar-refractivity contribution in [3.8, 4) is 0 Å². The number of amides is 2. The predicted molar refractivity (Wildman–Crippen MR) is 99.9 cm³/mol. The van der Waals surface area contributed by atoms with E-state index in [1.54, 1.807) is 0 Å². The van der Waals surface area contributed by atoms with Crippen LogP contribution < -0.4 is 5.32 Å². The van der Waals surface area contributed by atoms with E-state index in [1.165, 1.54) is 18.4 Å². The van der Waals surface area contributed by atoms with Crippen molar-refractivity contribution in [2.75, 3.05) is 19.6 Å². The number of carbonyl (C=O) groups excluding carboxylic acids is 1. The smallest absolute Gasteiger partial charge is 0.321 e. The first kappa shape index (κ1) is 16.6. The molecule has 4 heterocycles. The number of benzene rings is 1. The highest BCUT2D eigenvalue weighted by Crippen LogP contribution is 2.40. The van der Waals surface area contributed by atoms with E-state index in [0.717, 1.165) is 45.3 Å². The van der Waals surface area contributed by atoms with Gasteiger partial charge in [0.2, 0.25) is 0 Å². The van der Waals surface area contributed by atoms with Crippen LogP contribution >= 0.6 is 0 Å². The average molecular weight is 355 g/mol. The van der Waals surface area contributed by atoms with E-state index in [2.05, 4.69) is 45.4 Å². The topological polar surface area (TPSA) is 44.8 Å². The molecule has 4 aliphatic rings. The van der Waals surface area contributed by atoms with Gasteiger partial charge in [0.15, 0.2) is 0 Å². The fourth-order valence-corrected chi connectivity index (χ4v) is 5.46. The third kappa shape index (κ3) is 2.91. The number of nitrogens with one attached hydrogen (secondary N) is 1. The van der Waals surface area contributed by atoms with Gasteiger partial charge < -0.3 is 19.9 Å². The Hall–Kier alpha value is -1.59. The van der Waals surface area contributed by atoms with Crippen LogP contribution in [0.3, 0.4) is 0 Å². The van der Waals surface area contributed by atoms with Crippen LogP contribution in [0.15, 0.2) is 30.3 Å². The average Bonchev–Trinajstić information content (AvgIpc) is 3.22. The summed E-state index contributed by atoms with van der Waals surface area (Å²) in [7, 11) is 0. The quantitative estimate of drug-likeness (QED) is 0.907. The Bertz CT molecular complexity index is 634. The van der Waals surface area contributed by atoms with Crippen molar-refractivity contribution in [3.63, 3.8) is 0 Å². The highest BCUT2D eigenvalue weighted by molar-refractivity contribution is 5.78. The molecule has 0 aliphatic carbocycles. The first-order chi connectivity index (χ1) is 12.8. The Morgan fingerprint density at radius 3 is 2.31 bits per heavy atom. The Balaban J connectivity index is 1.42. The van der Waals surface area contributed by atoms with Crippen LogP contribution in [0, 0.1) is 0 Å². The van der Waals surface area contributed by atoms with Crippen molar-refractivity contribution in [3.05, 3.63) is 35.9 Å². The highest BCUT2D eigenvalue weighted by Gasteiger charge is 2.47. The normalized spacial score (nSPS) is 35.3. The van der Waals surface area contributed by atoms with Crippen LogP contribution in [-0.2, 0) is 4.74 Å². The molecule has 4 atom stereocenters. The summed E-state index contributed by atoms with van der Waals surface area (Å²) in [5.41, 5.74) is 1.27. The molecule has 3 unspecified atom stereocenters. The van der Waals surface area contributed by atoms with Crippen molar-refractivity contribution < 1.29 is 9.53 Å². The molecule has 2 bridgehead atoms. The van der Waals surface area contributed by atoms with E-state index in [-0.39, 0.29) is 12.1 Å². The first-order valence-electron chi connectivity index (χ1n) is 10.3. The summed E-state index contributed by atoms with van der Waals surface area (Å²) in [5, 5.41) is 3.43. The molecule has 5 rings (SSSR count). The molecule has 4 saturated heterocycles. The molecule has 2 amide bonds. The third-order valence-electron chi connectivity index (χ3n) is 6.76. The molecule has 140 valence electrons. The summed E-state index contributed by atoms with van der Waals surface area (Å²) in [5.74, 6) is 0. The number of hydrogen-bond donors (Lipinski definition) is 1. The van der Waals surface area contributed by atoms with Gasteiger partial charge in [0.25, 0.3) is 0 Å². The van der Waals surface area contributed by atoms with Crippen molar-refractivity contribution in [1.82, 2.24) is 15.1 Å². The molecule has 0 aromatic heterocycles. The van der Waals surface area contributed by atoms with E-state index >= 15 is 0 Å². The summed E-state index contributed by atoms with van der Waals surface area (Å²) < 4.78 is 6.02. The molecule has 4 aliphatic heterocycles. The van der Waals surface area contributed by atoms with Crippen LogP contribution in [-0.4, -0.2) is 59.8 Å². The summed E-state index contributed by atoms with van der Waals surface area (Å²) in [6.07, 6.45) is 7.23. The van der Waals surface area contributed by atoms with Crippen LogP contribution in [0.4, 0.5) is 4.79 Å². The number of rotatable bonds is 3. The lowest BCUT2D eigenvalue weighted by Gasteiger charge is -2.37. The number of ether oxygens (including phenoxy) is 1. The molecule has 0 spiro atoms. The van der Waals surface area contributed by atoms with Gasteiger partial charge in [0, 0.05) is 18.6 Å². The van der Waals surface area contributed by atoms with Gasteiger partial charge in [-0.1, -0.05) is 30.3 Å². The Morgan fingerprint density at radius 2 is 1.62 bits per heavy atom. The molecule has 5 nitrogen and oxygen atoms in total. The molecular formula is C21H29N3O2. The summed E-state index contributed by atoms with van der Waals surface area (Å²) in [6, 6.07) is 11.8. The molecule has 1 aromatic rings. The highest BCUT2D eigenvalue weighted by atomic mass is 16.5. The van der Waals surface area contributed by atoms with E-state index in [0.29, 0.717) is 24.3 Å². The largest absolute Gasteiger partial charge is 0.375 e. The van der Waals surface area contributed by atoms with Gasteiger partial charge in [-0.05, 0) is 57.2 Å².